The van der Waals surface area contributed by atoms with Crippen LogP contribution in [0.3, 0.4) is 0 Å². The topological polar surface area (TPSA) is 38.5 Å². The molecule has 1 aromatic carbocycles. The van der Waals surface area contributed by atoms with Gasteiger partial charge in [0.05, 0.1) is 7.11 Å². The first-order valence-electron chi connectivity index (χ1n) is 6.88. The molecule has 1 fully saturated rings. The van der Waals surface area contributed by atoms with E-state index >= 15 is 0 Å². The Morgan fingerprint density at radius 3 is 2.89 bits per heavy atom. The average molecular weight is 266 g/mol. The van der Waals surface area contributed by atoms with Gasteiger partial charge in [-0.15, -0.1) is 0 Å². The van der Waals surface area contributed by atoms with E-state index in [1.807, 2.05) is 0 Å². The molecule has 0 aromatic heterocycles. The van der Waals surface area contributed by atoms with Crippen molar-refractivity contribution in [1.82, 2.24) is 4.90 Å². The molecule has 2 unspecified atom stereocenters. The zero-order chi connectivity index (χ0) is 13.8. The minimum absolute atomic E-state index is 0.217. The predicted octanol–water partition coefficient (Wildman–Crippen LogP) is 2.39. The van der Waals surface area contributed by atoms with Gasteiger partial charge in [0, 0.05) is 18.2 Å². The van der Waals surface area contributed by atoms with Crippen LogP contribution in [0, 0.1) is 11.7 Å². The van der Waals surface area contributed by atoms with Gasteiger partial charge < -0.3 is 10.5 Å². The van der Waals surface area contributed by atoms with Gasteiger partial charge in [0.25, 0.3) is 0 Å². The second kappa shape index (κ2) is 6.35. The summed E-state index contributed by atoms with van der Waals surface area (Å²) in [5.41, 5.74) is 6.72. The van der Waals surface area contributed by atoms with Crippen molar-refractivity contribution in [3.05, 3.63) is 29.6 Å². The van der Waals surface area contributed by atoms with Crippen LogP contribution in [0.2, 0.25) is 0 Å². The quantitative estimate of drug-likeness (QED) is 0.889. The highest BCUT2D eigenvalue weighted by atomic mass is 19.1. The maximum absolute atomic E-state index is 13.4. The maximum atomic E-state index is 13.4. The SMILES string of the molecule is COc1ccc(F)cc1CN(C)C1CCCC1CN. The van der Waals surface area contributed by atoms with Crippen molar-refractivity contribution in [2.24, 2.45) is 11.7 Å². The van der Waals surface area contributed by atoms with Crippen molar-refractivity contribution in [1.29, 1.82) is 0 Å². The van der Waals surface area contributed by atoms with Gasteiger partial charge in [0.15, 0.2) is 0 Å². The van der Waals surface area contributed by atoms with Crippen molar-refractivity contribution >= 4 is 0 Å². The zero-order valence-electron chi connectivity index (χ0n) is 11.7. The van der Waals surface area contributed by atoms with E-state index in [4.69, 9.17) is 10.5 Å². The van der Waals surface area contributed by atoms with Crippen molar-refractivity contribution in [2.45, 2.75) is 31.8 Å². The average Bonchev–Trinajstić information content (AvgIpc) is 2.87. The maximum Gasteiger partial charge on any atom is 0.123 e. The van der Waals surface area contributed by atoms with Crippen molar-refractivity contribution < 1.29 is 9.13 Å². The number of methoxy groups -OCH3 is 1. The second-order valence-electron chi connectivity index (χ2n) is 5.37. The van der Waals surface area contributed by atoms with Crippen LogP contribution in [0.25, 0.3) is 0 Å². The Balaban J connectivity index is 2.09. The number of nitrogens with two attached hydrogens (primary N) is 1. The predicted molar refractivity (Wildman–Crippen MR) is 74.6 cm³/mol. The van der Waals surface area contributed by atoms with Crippen molar-refractivity contribution in [3.8, 4) is 5.75 Å². The van der Waals surface area contributed by atoms with E-state index in [0.29, 0.717) is 18.5 Å². The van der Waals surface area contributed by atoms with Crippen molar-refractivity contribution in [3.63, 3.8) is 0 Å². The zero-order valence-corrected chi connectivity index (χ0v) is 11.7. The highest BCUT2D eigenvalue weighted by molar-refractivity contribution is 5.33. The number of rotatable bonds is 5. The molecular weight excluding hydrogens is 243 g/mol. The van der Waals surface area contributed by atoms with Crippen LogP contribution in [0.15, 0.2) is 18.2 Å². The molecule has 0 heterocycles. The van der Waals surface area contributed by atoms with Crippen LogP contribution >= 0.6 is 0 Å². The fourth-order valence-corrected chi connectivity index (χ4v) is 3.13. The Labute approximate surface area is 114 Å². The summed E-state index contributed by atoms with van der Waals surface area (Å²) in [5.74, 6) is 1.09. The number of ether oxygens (including phenoxy) is 1. The van der Waals surface area contributed by atoms with Gasteiger partial charge in [-0.2, -0.15) is 0 Å². The van der Waals surface area contributed by atoms with E-state index in [0.717, 1.165) is 17.9 Å². The molecule has 3 nitrogen and oxygen atoms in total. The molecular formula is C15H23FN2O. The Kier molecular flexibility index (Phi) is 4.77. The first kappa shape index (κ1) is 14.3. The Bertz CT molecular complexity index is 425. The highest BCUT2D eigenvalue weighted by Gasteiger charge is 2.29. The van der Waals surface area contributed by atoms with Gasteiger partial charge in [-0.3, -0.25) is 4.90 Å². The van der Waals surface area contributed by atoms with E-state index in [1.54, 1.807) is 19.2 Å². The molecule has 0 aliphatic heterocycles. The molecule has 4 heteroatoms. The number of hydrogen-bond donors (Lipinski definition) is 1. The lowest BCUT2D eigenvalue weighted by Crippen LogP contribution is -2.37. The number of hydrogen-bond acceptors (Lipinski definition) is 3. The molecule has 1 aromatic rings. The van der Waals surface area contributed by atoms with E-state index in [-0.39, 0.29) is 5.82 Å². The monoisotopic (exact) mass is 266 g/mol. The van der Waals surface area contributed by atoms with Crippen molar-refractivity contribution in [2.75, 3.05) is 20.7 Å². The fraction of sp³-hybridized carbons (Fsp3) is 0.600. The Morgan fingerprint density at radius 2 is 2.21 bits per heavy atom. The first-order chi connectivity index (χ1) is 9.15. The number of benzene rings is 1. The molecule has 0 amide bonds. The summed E-state index contributed by atoms with van der Waals surface area (Å²) in [6, 6.07) is 5.17. The van der Waals surface area contributed by atoms with E-state index in [9.17, 15) is 4.39 Å². The van der Waals surface area contributed by atoms with Crippen LogP contribution in [-0.2, 0) is 6.54 Å². The summed E-state index contributed by atoms with van der Waals surface area (Å²) >= 11 is 0. The van der Waals surface area contributed by atoms with Crippen LogP contribution < -0.4 is 10.5 Å². The Morgan fingerprint density at radius 1 is 1.42 bits per heavy atom. The smallest absolute Gasteiger partial charge is 0.123 e. The molecule has 2 rings (SSSR count). The van der Waals surface area contributed by atoms with Gasteiger partial charge in [-0.1, -0.05) is 6.42 Å². The van der Waals surface area contributed by atoms with Crippen LogP contribution in [0.5, 0.6) is 5.75 Å². The summed E-state index contributed by atoms with van der Waals surface area (Å²) in [5, 5.41) is 0. The summed E-state index contributed by atoms with van der Waals surface area (Å²) in [7, 11) is 3.71. The van der Waals surface area contributed by atoms with E-state index in [1.165, 1.54) is 25.3 Å². The minimum atomic E-state index is -0.217. The molecule has 0 saturated heterocycles. The van der Waals surface area contributed by atoms with Gasteiger partial charge in [-0.25, -0.2) is 4.39 Å². The summed E-state index contributed by atoms with van der Waals surface area (Å²) in [6.07, 6.45) is 3.61. The molecule has 0 bridgehead atoms. The van der Waals surface area contributed by atoms with Crippen LogP contribution in [-0.4, -0.2) is 31.6 Å². The van der Waals surface area contributed by atoms with E-state index in [2.05, 4.69) is 11.9 Å². The molecule has 19 heavy (non-hydrogen) atoms. The number of nitrogens with zero attached hydrogens (tertiary/aromatic N) is 1. The Hall–Kier alpha value is -1.13. The molecule has 106 valence electrons. The summed E-state index contributed by atoms with van der Waals surface area (Å²) in [4.78, 5) is 2.28. The van der Waals surface area contributed by atoms with E-state index < -0.39 is 0 Å². The van der Waals surface area contributed by atoms with Crippen LogP contribution in [0.1, 0.15) is 24.8 Å². The fourth-order valence-electron chi connectivity index (χ4n) is 3.13. The minimum Gasteiger partial charge on any atom is -0.496 e. The third kappa shape index (κ3) is 3.25. The third-order valence-electron chi connectivity index (χ3n) is 4.15. The molecule has 1 aliphatic carbocycles. The first-order valence-corrected chi connectivity index (χ1v) is 6.88. The third-order valence-corrected chi connectivity index (χ3v) is 4.15. The standard InChI is InChI=1S/C15H23FN2O/c1-18(14-5-3-4-11(14)9-17)10-12-8-13(16)6-7-15(12)19-2/h6-8,11,14H,3-5,9-10,17H2,1-2H3. The van der Waals surface area contributed by atoms with Crippen LogP contribution in [0.4, 0.5) is 4.39 Å². The van der Waals surface area contributed by atoms with Gasteiger partial charge in [0.1, 0.15) is 11.6 Å². The molecule has 2 N–H and O–H groups in total. The van der Waals surface area contributed by atoms with Gasteiger partial charge in [0.2, 0.25) is 0 Å². The normalized spacial score (nSPS) is 23.0. The van der Waals surface area contributed by atoms with Gasteiger partial charge >= 0.3 is 0 Å². The molecule has 0 spiro atoms. The molecule has 2 atom stereocenters. The molecule has 1 aliphatic rings. The van der Waals surface area contributed by atoms with Gasteiger partial charge in [-0.05, 0) is 50.6 Å². The highest BCUT2D eigenvalue weighted by Crippen LogP contribution is 2.30. The summed E-state index contributed by atoms with van der Waals surface area (Å²) in [6.45, 7) is 1.43. The lowest BCUT2D eigenvalue weighted by molar-refractivity contribution is 0.190. The number of halogens is 1. The molecule has 1 saturated carbocycles. The molecule has 0 radical (unpaired) electrons. The summed E-state index contributed by atoms with van der Waals surface area (Å²) < 4.78 is 18.7. The second-order valence-corrected chi connectivity index (χ2v) is 5.37. The lowest BCUT2D eigenvalue weighted by atomic mass is 10.0. The lowest BCUT2D eigenvalue weighted by Gasteiger charge is -2.29. The largest absolute Gasteiger partial charge is 0.496 e.